The normalized spacial score (nSPS) is 18.4. The summed E-state index contributed by atoms with van der Waals surface area (Å²) < 4.78 is 13.7. The van der Waals surface area contributed by atoms with Crippen molar-refractivity contribution in [2.75, 3.05) is 12.3 Å². The van der Waals surface area contributed by atoms with Crippen molar-refractivity contribution in [3.05, 3.63) is 160 Å². The number of carbonyl (C=O) groups is 4. The lowest BCUT2D eigenvalue weighted by Gasteiger charge is -2.49. The number of aromatic nitrogens is 1. The first-order valence-electron chi connectivity index (χ1n) is 18.4. The van der Waals surface area contributed by atoms with Crippen LogP contribution in [-0.4, -0.2) is 63.0 Å². The van der Waals surface area contributed by atoms with Gasteiger partial charge in [-0.3, -0.25) is 14.5 Å². The number of nitriles is 1. The molecule has 292 valence electrons. The third-order valence-corrected chi connectivity index (χ3v) is 10.9. The molecule has 0 spiro atoms. The van der Waals surface area contributed by atoms with Gasteiger partial charge in [0.2, 0.25) is 5.91 Å². The fraction of sp³-hybridized carbons (Fsp3) is 0.273. The second-order valence-corrected chi connectivity index (χ2v) is 16.0. The van der Waals surface area contributed by atoms with Gasteiger partial charge in [0.25, 0.3) is 5.91 Å². The van der Waals surface area contributed by atoms with Crippen molar-refractivity contribution < 1.29 is 50.2 Å². The maximum Gasteiger partial charge on any atom is 0.408 e. The van der Waals surface area contributed by atoms with Crippen LogP contribution >= 0.6 is 11.8 Å². The maximum atomic E-state index is 14.4. The van der Waals surface area contributed by atoms with E-state index in [-0.39, 0.29) is 28.6 Å². The van der Waals surface area contributed by atoms with Crippen molar-refractivity contribution in [3.63, 3.8) is 0 Å². The van der Waals surface area contributed by atoms with Crippen LogP contribution in [0.15, 0.2) is 132 Å². The molecule has 0 bridgehead atoms. The Kier molecular flexibility index (Phi) is 12.6. The van der Waals surface area contributed by atoms with Crippen LogP contribution in [0, 0.1) is 11.3 Å². The number of nitrogens with one attached hydrogen (secondary N) is 1. The van der Waals surface area contributed by atoms with E-state index in [9.17, 15) is 19.2 Å². The van der Waals surface area contributed by atoms with E-state index in [0.717, 1.165) is 22.3 Å². The minimum Gasteiger partial charge on any atom is -1.00 e. The molecule has 3 amide bonds. The molecule has 3 aliphatic rings. The van der Waals surface area contributed by atoms with Crippen molar-refractivity contribution in [1.82, 2.24) is 15.1 Å². The summed E-state index contributed by atoms with van der Waals surface area (Å²) in [5.41, 5.74) is 4.53. The van der Waals surface area contributed by atoms with E-state index in [1.807, 2.05) is 102 Å². The lowest BCUT2D eigenvalue weighted by atomic mass is 10.00. The molecular weight excluding hydrogens is 806 g/mol. The molecule has 0 saturated carbocycles. The topological polar surface area (TPSA) is 133 Å². The molecule has 2 unspecified atom stereocenters. The van der Waals surface area contributed by atoms with Gasteiger partial charge in [-0.1, -0.05) is 72.8 Å². The summed E-state index contributed by atoms with van der Waals surface area (Å²) in [6.07, 6.45) is 4.66. The highest BCUT2D eigenvalue weighted by Crippen LogP contribution is 2.42. The molecule has 11 nitrogen and oxygen atoms in total. The third kappa shape index (κ3) is 9.47. The maximum absolute atomic E-state index is 14.4. The summed E-state index contributed by atoms with van der Waals surface area (Å²) in [5.74, 6) is -1.00. The van der Waals surface area contributed by atoms with Crippen LogP contribution in [0.3, 0.4) is 0 Å². The number of ether oxygens (including phenoxy) is 2. The Hall–Kier alpha value is -5.71. The number of hydrogen-bond acceptors (Lipinski definition) is 8. The minimum atomic E-state index is -0.900. The Labute approximate surface area is 346 Å². The highest BCUT2D eigenvalue weighted by molar-refractivity contribution is 8.00. The van der Waals surface area contributed by atoms with E-state index in [2.05, 4.69) is 11.4 Å². The number of esters is 1. The molecule has 4 aromatic rings. The summed E-state index contributed by atoms with van der Waals surface area (Å²) in [4.78, 5) is 57.9. The zero-order chi connectivity index (χ0) is 39.4. The fourth-order valence-electron chi connectivity index (χ4n) is 6.90. The Bertz CT molecular complexity index is 2200. The average molecular weight is 849 g/mol. The van der Waals surface area contributed by atoms with Gasteiger partial charge in [0, 0.05) is 42.1 Å². The van der Waals surface area contributed by atoms with Gasteiger partial charge >= 0.3 is 12.1 Å². The number of amides is 3. The average Bonchev–Trinajstić information content (AvgIpc) is 3.53. The Balaban J connectivity index is 0.00000549. The van der Waals surface area contributed by atoms with Gasteiger partial charge in [0.15, 0.2) is 25.0 Å². The second-order valence-electron chi connectivity index (χ2n) is 14.8. The molecule has 0 aliphatic carbocycles. The number of likely N-dealkylation sites (tertiary alicyclic amines) is 1. The van der Waals surface area contributed by atoms with Gasteiger partial charge in [-0.05, 0) is 67.7 Å². The molecule has 3 aromatic carbocycles. The van der Waals surface area contributed by atoms with Gasteiger partial charge in [-0.15, -0.1) is 11.8 Å². The number of β-lactam (4-membered cyclic amide) rings is 1. The molecule has 1 N–H and O–H groups in total. The Morgan fingerprint density at radius 2 is 1.58 bits per heavy atom. The fourth-order valence-corrected chi connectivity index (χ4v) is 8.21. The number of alkyl carbamates (subject to hydrolysis) is 1. The molecule has 4 heterocycles. The molecule has 7 rings (SSSR count). The number of halogens is 1. The van der Waals surface area contributed by atoms with Gasteiger partial charge in [-0.25, -0.2) is 14.2 Å². The molecule has 2 fully saturated rings. The number of thioether (sulfide) groups is 1. The zero-order valence-corrected chi connectivity index (χ0v) is 34.2. The quantitative estimate of drug-likeness (QED) is 0.112. The highest BCUT2D eigenvalue weighted by atomic mass is 79.9. The van der Waals surface area contributed by atoms with Crippen molar-refractivity contribution in [1.29, 1.82) is 5.26 Å². The molecule has 13 heteroatoms. The smallest absolute Gasteiger partial charge is 0.408 e. The number of allylic oxidation sites excluding steroid dienone is 1. The first-order chi connectivity index (χ1) is 27.0. The Morgan fingerprint density at radius 1 is 0.947 bits per heavy atom. The van der Waals surface area contributed by atoms with E-state index in [1.165, 1.54) is 16.7 Å². The number of hydrogen-bond donors (Lipinski definition) is 1. The van der Waals surface area contributed by atoms with E-state index in [1.54, 1.807) is 43.9 Å². The lowest BCUT2D eigenvalue weighted by Crippen LogP contribution is -3.00. The second kappa shape index (κ2) is 17.6. The van der Waals surface area contributed by atoms with Crippen LogP contribution < -0.4 is 26.9 Å². The van der Waals surface area contributed by atoms with E-state index >= 15 is 0 Å². The van der Waals surface area contributed by atoms with Crippen LogP contribution in [0.4, 0.5) is 4.79 Å². The standard InChI is InChI=1S/C44H41N5O6S.BrH/c1-44(2,3)55-43(53)46-36-40(51)49-37(42(52)54-38(32-10-6-4-7-11-32)33-12-8-5-9-13-33)35(28-56-41(36)49)24-34-20-23-48(39(34)50)27-31-18-21-47(22-19-31)26-30-16-14-29(25-45)15-17-30;/h4-19,21-22,24,36,38,41H,20,23,26-28H2,1-3H3;1H. The summed E-state index contributed by atoms with van der Waals surface area (Å²) in [7, 11) is 0. The van der Waals surface area contributed by atoms with Crippen molar-refractivity contribution >= 4 is 35.6 Å². The monoisotopic (exact) mass is 847 g/mol. The zero-order valence-electron chi connectivity index (χ0n) is 31.8. The third-order valence-electron chi connectivity index (χ3n) is 9.64. The van der Waals surface area contributed by atoms with Gasteiger partial charge in [0.05, 0.1) is 11.6 Å². The highest BCUT2D eigenvalue weighted by Gasteiger charge is 2.55. The molecule has 2 atom stereocenters. The van der Waals surface area contributed by atoms with Crippen molar-refractivity contribution in [2.45, 2.75) is 63.4 Å². The van der Waals surface area contributed by atoms with Gasteiger partial charge in [-0.2, -0.15) is 5.26 Å². The predicted molar refractivity (Wildman–Crippen MR) is 209 cm³/mol. The van der Waals surface area contributed by atoms with Gasteiger partial charge in [0.1, 0.15) is 22.7 Å². The van der Waals surface area contributed by atoms with Crippen LogP contribution in [0.1, 0.15) is 61.1 Å². The van der Waals surface area contributed by atoms with Crippen LogP contribution in [0.2, 0.25) is 0 Å². The van der Waals surface area contributed by atoms with Crippen molar-refractivity contribution in [3.8, 4) is 6.07 Å². The minimum absolute atomic E-state index is 0. The molecule has 57 heavy (non-hydrogen) atoms. The first kappa shape index (κ1) is 40.9. The van der Waals surface area contributed by atoms with E-state index < -0.39 is 41.1 Å². The molecule has 0 radical (unpaired) electrons. The number of carbonyl (C=O) groups excluding carboxylic acids is 4. The largest absolute Gasteiger partial charge is 1.00 e. The van der Waals surface area contributed by atoms with Gasteiger partial charge < -0.3 is 36.7 Å². The van der Waals surface area contributed by atoms with Crippen LogP contribution in [0.5, 0.6) is 0 Å². The molecule has 3 aliphatic heterocycles. The number of pyridine rings is 1. The summed E-state index contributed by atoms with van der Waals surface area (Å²) >= 11 is 1.40. The van der Waals surface area contributed by atoms with E-state index in [4.69, 9.17) is 14.7 Å². The Morgan fingerprint density at radius 3 is 2.18 bits per heavy atom. The molecule has 1 aromatic heterocycles. The summed E-state index contributed by atoms with van der Waals surface area (Å²) in [6.45, 7) is 6.79. The number of benzene rings is 3. The number of rotatable bonds is 10. The SMILES string of the molecule is CC(C)(C)OC(=O)NC1C(=O)N2C(C(=O)OC(c3ccccc3)c3ccccc3)=C(C=C3CCN(Cc4cc[n+](Cc5ccc(C#N)cc5)cc4)C3=O)CSC12.[Br-]. The predicted octanol–water partition coefficient (Wildman–Crippen LogP) is 2.95. The number of fused-ring (bicyclic) bond motifs is 1. The van der Waals surface area contributed by atoms with Crippen LogP contribution in [0.25, 0.3) is 0 Å². The summed E-state index contributed by atoms with van der Waals surface area (Å²) in [6, 6.07) is 31.4. The number of nitrogens with zero attached hydrogens (tertiary/aromatic N) is 4. The van der Waals surface area contributed by atoms with Crippen molar-refractivity contribution in [2.24, 2.45) is 0 Å². The lowest BCUT2D eigenvalue weighted by molar-refractivity contribution is -0.688. The first-order valence-corrected chi connectivity index (χ1v) is 19.5. The van der Waals surface area contributed by atoms with E-state index in [0.29, 0.717) is 48.5 Å². The molecular formula is C44H42BrN5O6S. The van der Waals surface area contributed by atoms with Crippen LogP contribution in [-0.2, 0) is 36.9 Å². The summed E-state index contributed by atoms with van der Waals surface area (Å²) in [5, 5.41) is 11.2. The molecule has 2 saturated heterocycles.